The van der Waals surface area contributed by atoms with Crippen LogP contribution in [0.2, 0.25) is 0 Å². The molecule has 1 heterocycles. The van der Waals surface area contributed by atoms with E-state index in [2.05, 4.69) is 231 Å². The molecule has 0 saturated carbocycles. The summed E-state index contributed by atoms with van der Waals surface area (Å²) < 4.78 is 6.44. The van der Waals surface area contributed by atoms with E-state index in [1.807, 2.05) is 12.1 Å². The van der Waals surface area contributed by atoms with Crippen molar-refractivity contribution in [3.63, 3.8) is 0 Å². The number of hydrogen-bond acceptors (Lipinski definition) is 2. The fourth-order valence-electron chi connectivity index (χ4n) is 9.95. The second-order valence-corrected chi connectivity index (χ2v) is 17.3. The van der Waals surface area contributed by atoms with Crippen LogP contribution in [0.25, 0.3) is 88.3 Å². The lowest BCUT2D eigenvalue weighted by Gasteiger charge is -2.26. The summed E-state index contributed by atoms with van der Waals surface area (Å²) in [6, 6.07) is 81.6. The first-order chi connectivity index (χ1) is 31.0. The summed E-state index contributed by atoms with van der Waals surface area (Å²) in [6.45, 7) is 4.69. The van der Waals surface area contributed by atoms with Crippen molar-refractivity contribution in [3.05, 3.63) is 236 Å². The van der Waals surface area contributed by atoms with Gasteiger partial charge in [0.15, 0.2) is 0 Å². The monoisotopic (exact) mass is 805 g/mol. The van der Waals surface area contributed by atoms with Crippen LogP contribution < -0.4 is 4.90 Å². The lowest BCUT2D eigenvalue weighted by atomic mass is 9.81. The van der Waals surface area contributed by atoms with Gasteiger partial charge in [0.2, 0.25) is 0 Å². The summed E-state index contributed by atoms with van der Waals surface area (Å²) in [5, 5.41) is 4.77. The number of para-hydroxylation sites is 2. The number of fused-ring (bicyclic) bond motifs is 7. The zero-order valence-electron chi connectivity index (χ0n) is 35.2. The van der Waals surface area contributed by atoms with Crippen molar-refractivity contribution in [3.8, 4) is 55.6 Å². The number of furan rings is 1. The first-order valence-corrected chi connectivity index (χ1v) is 21.8. The van der Waals surface area contributed by atoms with Gasteiger partial charge in [0, 0.05) is 38.8 Å². The molecule has 12 rings (SSSR count). The standard InChI is InChI=1S/C61H43NO/c1-61(2)57-19-7-5-15-53(57)54-36-29-48(39-58(54)61)42-25-32-50(33-26-42)62(51-34-27-43(28-35-51)52-17-10-18-56-55-16-6-8-20-59(55)63-60(52)56)49-30-23-41(24-31-49)45-13-9-14-46(37-45)47-22-21-40-11-3-4-12-44(40)38-47/h3-39H,1-2H3. The minimum Gasteiger partial charge on any atom is -0.455 e. The lowest BCUT2D eigenvalue weighted by Crippen LogP contribution is -2.14. The van der Waals surface area contributed by atoms with Crippen molar-refractivity contribution in [2.45, 2.75) is 19.3 Å². The number of hydrogen-bond donors (Lipinski definition) is 0. The van der Waals surface area contributed by atoms with Crippen molar-refractivity contribution in [2.75, 3.05) is 4.90 Å². The molecule has 0 atom stereocenters. The van der Waals surface area contributed by atoms with Crippen LogP contribution in [-0.4, -0.2) is 0 Å². The van der Waals surface area contributed by atoms with Gasteiger partial charge in [-0.05, 0) is 133 Å². The Morgan fingerprint density at radius 3 is 1.59 bits per heavy atom. The average Bonchev–Trinajstić information content (AvgIpc) is 3.84. The van der Waals surface area contributed by atoms with E-state index in [0.29, 0.717) is 0 Å². The van der Waals surface area contributed by atoms with E-state index in [4.69, 9.17) is 4.42 Å². The van der Waals surface area contributed by atoms with Crippen LogP contribution in [0.4, 0.5) is 17.1 Å². The molecule has 0 amide bonds. The molecule has 1 aliphatic rings. The molecule has 0 N–H and O–H groups in total. The minimum atomic E-state index is -0.0509. The zero-order valence-corrected chi connectivity index (χ0v) is 35.2. The van der Waals surface area contributed by atoms with Gasteiger partial charge in [-0.2, -0.15) is 0 Å². The van der Waals surface area contributed by atoms with E-state index in [1.165, 1.54) is 66.4 Å². The first-order valence-electron chi connectivity index (χ1n) is 21.8. The normalized spacial score (nSPS) is 12.7. The fourth-order valence-corrected chi connectivity index (χ4v) is 9.95. The van der Waals surface area contributed by atoms with Gasteiger partial charge in [0.05, 0.1) is 0 Å². The summed E-state index contributed by atoms with van der Waals surface area (Å²) in [4.78, 5) is 2.35. The molecule has 11 aromatic rings. The quantitative estimate of drug-likeness (QED) is 0.160. The van der Waals surface area contributed by atoms with Crippen LogP contribution in [0.3, 0.4) is 0 Å². The van der Waals surface area contributed by atoms with Gasteiger partial charge in [0.25, 0.3) is 0 Å². The van der Waals surface area contributed by atoms with Crippen LogP contribution >= 0.6 is 0 Å². The van der Waals surface area contributed by atoms with Gasteiger partial charge in [-0.15, -0.1) is 0 Å². The number of rotatable bonds is 7. The Balaban J connectivity index is 0.908. The summed E-state index contributed by atoms with van der Waals surface area (Å²) in [5.74, 6) is 0. The van der Waals surface area contributed by atoms with Gasteiger partial charge < -0.3 is 9.32 Å². The first kappa shape index (κ1) is 36.9. The molecule has 0 unspecified atom stereocenters. The number of anilines is 3. The van der Waals surface area contributed by atoms with Crippen molar-refractivity contribution in [1.29, 1.82) is 0 Å². The lowest BCUT2D eigenvalue weighted by molar-refractivity contribution is 0.660. The highest BCUT2D eigenvalue weighted by Crippen LogP contribution is 2.50. The third kappa shape index (κ3) is 6.25. The van der Waals surface area contributed by atoms with Gasteiger partial charge >= 0.3 is 0 Å². The maximum absolute atomic E-state index is 6.44. The second kappa shape index (κ2) is 14.6. The molecular formula is C61H43NO. The molecule has 0 saturated heterocycles. The smallest absolute Gasteiger partial charge is 0.143 e. The molecule has 0 radical (unpaired) electrons. The van der Waals surface area contributed by atoms with E-state index < -0.39 is 0 Å². The van der Waals surface area contributed by atoms with E-state index in [9.17, 15) is 0 Å². The summed E-state index contributed by atoms with van der Waals surface area (Å²) in [7, 11) is 0. The van der Waals surface area contributed by atoms with Crippen LogP contribution in [-0.2, 0) is 5.41 Å². The van der Waals surface area contributed by atoms with E-state index in [0.717, 1.165) is 50.1 Å². The molecule has 1 aliphatic carbocycles. The van der Waals surface area contributed by atoms with E-state index >= 15 is 0 Å². The van der Waals surface area contributed by atoms with Gasteiger partial charge in [0.1, 0.15) is 11.2 Å². The molecule has 0 spiro atoms. The Morgan fingerprint density at radius 2 is 0.841 bits per heavy atom. The molecule has 63 heavy (non-hydrogen) atoms. The minimum absolute atomic E-state index is 0.0509. The molecule has 2 heteroatoms. The highest BCUT2D eigenvalue weighted by Gasteiger charge is 2.35. The molecule has 0 fully saturated rings. The zero-order chi connectivity index (χ0) is 42.1. The number of benzene rings is 10. The maximum atomic E-state index is 6.44. The van der Waals surface area contributed by atoms with Crippen LogP contribution in [0.15, 0.2) is 229 Å². The van der Waals surface area contributed by atoms with Crippen molar-refractivity contribution in [2.24, 2.45) is 0 Å². The average molecular weight is 806 g/mol. The predicted octanol–water partition coefficient (Wildman–Crippen LogP) is 17.2. The van der Waals surface area contributed by atoms with Crippen molar-refractivity contribution in [1.82, 2.24) is 0 Å². The number of nitrogens with zero attached hydrogens (tertiary/aromatic N) is 1. The second-order valence-electron chi connectivity index (χ2n) is 17.3. The Labute approximate surface area is 368 Å². The SMILES string of the molecule is CC1(C)c2ccccc2-c2ccc(-c3ccc(N(c4ccc(-c5cccc(-c6ccc7ccccc7c6)c5)cc4)c4ccc(-c5cccc6c5oc5ccccc56)cc4)cc3)cc21. The van der Waals surface area contributed by atoms with Gasteiger partial charge in [-0.25, -0.2) is 0 Å². The molecule has 2 nitrogen and oxygen atoms in total. The molecular weight excluding hydrogens is 763 g/mol. The van der Waals surface area contributed by atoms with Crippen LogP contribution in [0.1, 0.15) is 25.0 Å². The molecule has 298 valence electrons. The molecule has 10 aromatic carbocycles. The van der Waals surface area contributed by atoms with Crippen molar-refractivity contribution < 1.29 is 4.42 Å². The Kier molecular flexibility index (Phi) is 8.55. The molecule has 1 aromatic heterocycles. The van der Waals surface area contributed by atoms with E-state index in [-0.39, 0.29) is 5.41 Å². The highest BCUT2D eigenvalue weighted by molar-refractivity contribution is 6.09. The highest BCUT2D eigenvalue weighted by atomic mass is 16.3. The van der Waals surface area contributed by atoms with Gasteiger partial charge in [-0.1, -0.05) is 178 Å². The third-order valence-electron chi connectivity index (χ3n) is 13.3. The Bertz CT molecular complexity index is 3520. The molecule has 0 bridgehead atoms. The topological polar surface area (TPSA) is 16.4 Å². The third-order valence-corrected chi connectivity index (χ3v) is 13.3. The van der Waals surface area contributed by atoms with E-state index in [1.54, 1.807) is 0 Å². The van der Waals surface area contributed by atoms with Gasteiger partial charge in [-0.3, -0.25) is 0 Å². The maximum Gasteiger partial charge on any atom is 0.143 e. The van der Waals surface area contributed by atoms with Crippen LogP contribution in [0.5, 0.6) is 0 Å². The fraction of sp³-hybridized carbons (Fsp3) is 0.0492. The largest absolute Gasteiger partial charge is 0.455 e. The van der Waals surface area contributed by atoms with Crippen LogP contribution in [0, 0.1) is 0 Å². The predicted molar refractivity (Wildman–Crippen MR) is 265 cm³/mol. The summed E-state index contributed by atoms with van der Waals surface area (Å²) >= 11 is 0. The van der Waals surface area contributed by atoms with Crippen molar-refractivity contribution >= 4 is 49.8 Å². The molecule has 0 aliphatic heterocycles. The summed E-state index contributed by atoms with van der Waals surface area (Å²) in [5.41, 5.74) is 19.9. The Hall–Kier alpha value is -7.94. The summed E-state index contributed by atoms with van der Waals surface area (Å²) in [6.07, 6.45) is 0. The Morgan fingerprint density at radius 1 is 0.333 bits per heavy atom.